The summed E-state index contributed by atoms with van der Waals surface area (Å²) in [6.07, 6.45) is 3.04. The van der Waals surface area contributed by atoms with Crippen LogP contribution in [-0.2, 0) is 4.79 Å². The van der Waals surface area contributed by atoms with E-state index in [1.54, 1.807) is 12.1 Å². The van der Waals surface area contributed by atoms with Crippen LogP contribution in [0.5, 0.6) is 0 Å². The molecule has 2 aromatic rings. The van der Waals surface area contributed by atoms with Gasteiger partial charge < -0.3 is 10.6 Å². The summed E-state index contributed by atoms with van der Waals surface area (Å²) in [4.78, 5) is 22.4. The van der Waals surface area contributed by atoms with Crippen molar-refractivity contribution in [2.24, 2.45) is 0 Å². The Morgan fingerprint density at radius 2 is 1.81 bits per heavy atom. The predicted molar refractivity (Wildman–Crippen MR) is 103 cm³/mol. The molecular formula is C20H25N3O3. The maximum absolute atomic E-state index is 12.2. The number of hydrogen-bond donors (Lipinski definition) is 2. The van der Waals surface area contributed by atoms with E-state index in [0.29, 0.717) is 19.4 Å². The maximum atomic E-state index is 12.2. The summed E-state index contributed by atoms with van der Waals surface area (Å²) >= 11 is 0. The predicted octanol–water partition coefficient (Wildman–Crippen LogP) is 4.44. The largest absolute Gasteiger partial charge is 0.385 e. The molecule has 1 amide bonds. The Labute approximate surface area is 153 Å². The summed E-state index contributed by atoms with van der Waals surface area (Å²) in [7, 11) is 0. The van der Waals surface area contributed by atoms with Crippen LogP contribution in [0.2, 0.25) is 0 Å². The van der Waals surface area contributed by atoms with Gasteiger partial charge in [-0.1, -0.05) is 43.7 Å². The second kappa shape index (κ2) is 10.2. The van der Waals surface area contributed by atoms with Gasteiger partial charge in [-0.2, -0.15) is 0 Å². The van der Waals surface area contributed by atoms with Gasteiger partial charge >= 0.3 is 0 Å². The Bertz CT molecular complexity index is 702. The summed E-state index contributed by atoms with van der Waals surface area (Å²) in [5.41, 5.74) is 2.01. The first kappa shape index (κ1) is 19.4. The van der Waals surface area contributed by atoms with Crippen molar-refractivity contribution in [2.45, 2.75) is 38.6 Å². The molecule has 0 fully saturated rings. The monoisotopic (exact) mass is 355 g/mol. The van der Waals surface area contributed by atoms with Crippen molar-refractivity contribution in [1.29, 1.82) is 0 Å². The number of hydrogen-bond acceptors (Lipinski definition) is 4. The minimum atomic E-state index is -0.423. The molecule has 0 radical (unpaired) electrons. The Kier molecular flexibility index (Phi) is 7.61. The molecule has 0 aliphatic carbocycles. The fourth-order valence-electron chi connectivity index (χ4n) is 2.75. The van der Waals surface area contributed by atoms with Gasteiger partial charge in [0, 0.05) is 30.8 Å². The molecule has 0 aliphatic heterocycles. The normalized spacial score (nSPS) is 11.6. The number of nitrogens with one attached hydrogen (secondary N) is 2. The number of amides is 1. The highest BCUT2D eigenvalue weighted by atomic mass is 16.6. The van der Waals surface area contributed by atoms with Crippen LogP contribution >= 0.6 is 0 Å². The van der Waals surface area contributed by atoms with Crippen molar-refractivity contribution in [3.05, 3.63) is 70.3 Å². The van der Waals surface area contributed by atoms with E-state index in [9.17, 15) is 14.9 Å². The maximum Gasteiger partial charge on any atom is 0.269 e. The fourth-order valence-corrected chi connectivity index (χ4v) is 2.75. The number of benzene rings is 2. The number of carbonyl (C=O) groups is 1. The van der Waals surface area contributed by atoms with Crippen LogP contribution in [0.1, 0.15) is 44.2 Å². The number of carbonyl (C=O) groups excluding carboxylic acids is 1. The Morgan fingerprint density at radius 3 is 2.42 bits per heavy atom. The van der Waals surface area contributed by atoms with Crippen LogP contribution in [0.3, 0.4) is 0 Å². The first-order valence-electron chi connectivity index (χ1n) is 8.92. The zero-order valence-electron chi connectivity index (χ0n) is 15.0. The molecule has 0 spiro atoms. The molecule has 0 saturated heterocycles. The van der Waals surface area contributed by atoms with Gasteiger partial charge in [0.15, 0.2) is 0 Å². The lowest BCUT2D eigenvalue weighted by molar-refractivity contribution is -0.384. The molecular weight excluding hydrogens is 330 g/mol. The molecule has 26 heavy (non-hydrogen) atoms. The molecule has 2 rings (SSSR count). The number of nitrogens with zero attached hydrogens (tertiary/aromatic N) is 1. The number of rotatable bonds is 10. The second-order valence-electron chi connectivity index (χ2n) is 6.15. The van der Waals surface area contributed by atoms with Gasteiger partial charge in [0.1, 0.15) is 0 Å². The number of non-ortho nitro benzene ring substituents is 1. The molecule has 1 unspecified atom stereocenters. The van der Waals surface area contributed by atoms with E-state index in [1.807, 2.05) is 30.3 Å². The lowest BCUT2D eigenvalue weighted by Gasteiger charge is -2.18. The first-order chi connectivity index (χ1) is 12.6. The van der Waals surface area contributed by atoms with Gasteiger partial charge in [0.05, 0.1) is 11.0 Å². The van der Waals surface area contributed by atoms with Crippen molar-refractivity contribution in [1.82, 2.24) is 5.32 Å². The topological polar surface area (TPSA) is 84.3 Å². The third kappa shape index (κ3) is 6.20. The van der Waals surface area contributed by atoms with Crippen molar-refractivity contribution in [2.75, 3.05) is 11.9 Å². The minimum absolute atomic E-state index is 0.0396. The van der Waals surface area contributed by atoms with Crippen LogP contribution in [0, 0.1) is 10.1 Å². The summed E-state index contributed by atoms with van der Waals surface area (Å²) in [6, 6.07) is 16.3. The van der Waals surface area contributed by atoms with E-state index in [0.717, 1.165) is 24.1 Å². The first-order valence-corrected chi connectivity index (χ1v) is 8.92. The highest BCUT2D eigenvalue weighted by Crippen LogP contribution is 2.18. The van der Waals surface area contributed by atoms with E-state index >= 15 is 0 Å². The SMILES string of the molecule is CCCC(NC(=O)CCCNc1ccc([N+](=O)[O-])cc1)c1ccccc1. The molecule has 0 aromatic heterocycles. The lowest BCUT2D eigenvalue weighted by atomic mass is 10.0. The van der Waals surface area contributed by atoms with E-state index in [4.69, 9.17) is 0 Å². The third-order valence-corrected chi connectivity index (χ3v) is 4.10. The van der Waals surface area contributed by atoms with Crippen molar-refractivity contribution in [3.8, 4) is 0 Å². The van der Waals surface area contributed by atoms with Crippen LogP contribution in [-0.4, -0.2) is 17.4 Å². The Balaban J connectivity index is 1.74. The molecule has 6 heteroatoms. The van der Waals surface area contributed by atoms with E-state index in [1.165, 1.54) is 12.1 Å². The standard InChI is InChI=1S/C20H25N3O3/c1-2-7-19(16-8-4-3-5-9-16)22-20(24)10-6-15-21-17-11-13-18(14-12-17)23(25)26/h3-5,8-9,11-14,19,21H,2,6-7,10,15H2,1H3,(H,22,24). The van der Waals surface area contributed by atoms with Crippen LogP contribution in [0.15, 0.2) is 54.6 Å². The fraction of sp³-hybridized carbons (Fsp3) is 0.350. The van der Waals surface area contributed by atoms with Gasteiger partial charge in [-0.3, -0.25) is 14.9 Å². The smallest absolute Gasteiger partial charge is 0.269 e. The summed E-state index contributed by atoms with van der Waals surface area (Å²) < 4.78 is 0. The highest BCUT2D eigenvalue weighted by molar-refractivity contribution is 5.76. The van der Waals surface area contributed by atoms with Crippen molar-refractivity contribution < 1.29 is 9.72 Å². The van der Waals surface area contributed by atoms with Gasteiger partial charge in [-0.25, -0.2) is 0 Å². The average Bonchev–Trinajstić information content (AvgIpc) is 2.66. The van der Waals surface area contributed by atoms with E-state index in [2.05, 4.69) is 17.6 Å². The van der Waals surface area contributed by atoms with Crippen LogP contribution < -0.4 is 10.6 Å². The summed E-state index contributed by atoms with van der Waals surface area (Å²) in [5.74, 6) is 0.0396. The van der Waals surface area contributed by atoms with Crippen LogP contribution in [0.25, 0.3) is 0 Å². The summed E-state index contributed by atoms with van der Waals surface area (Å²) in [6.45, 7) is 2.74. The molecule has 0 heterocycles. The summed E-state index contributed by atoms with van der Waals surface area (Å²) in [5, 5.41) is 16.9. The highest BCUT2D eigenvalue weighted by Gasteiger charge is 2.13. The molecule has 0 saturated carbocycles. The number of nitro benzene ring substituents is 1. The number of nitro groups is 1. The molecule has 2 N–H and O–H groups in total. The van der Waals surface area contributed by atoms with Gasteiger partial charge in [-0.05, 0) is 30.5 Å². The van der Waals surface area contributed by atoms with Crippen LogP contribution in [0.4, 0.5) is 11.4 Å². The quantitative estimate of drug-likeness (QED) is 0.375. The van der Waals surface area contributed by atoms with Gasteiger partial charge in [0.2, 0.25) is 5.91 Å². The minimum Gasteiger partial charge on any atom is -0.385 e. The Hall–Kier alpha value is -2.89. The zero-order valence-corrected chi connectivity index (χ0v) is 15.0. The molecule has 0 bridgehead atoms. The van der Waals surface area contributed by atoms with Gasteiger partial charge in [0.25, 0.3) is 5.69 Å². The Morgan fingerprint density at radius 1 is 1.12 bits per heavy atom. The zero-order chi connectivity index (χ0) is 18.8. The van der Waals surface area contributed by atoms with E-state index in [-0.39, 0.29) is 17.6 Å². The average molecular weight is 355 g/mol. The molecule has 138 valence electrons. The van der Waals surface area contributed by atoms with Crippen molar-refractivity contribution in [3.63, 3.8) is 0 Å². The lowest BCUT2D eigenvalue weighted by Crippen LogP contribution is -2.28. The molecule has 1 atom stereocenters. The third-order valence-electron chi connectivity index (χ3n) is 4.10. The molecule has 6 nitrogen and oxygen atoms in total. The van der Waals surface area contributed by atoms with E-state index < -0.39 is 4.92 Å². The molecule has 0 aliphatic rings. The molecule has 2 aromatic carbocycles. The second-order valence-corrected chi connectivity index (χ2v) is 6.15. The van der Waals surface area contributed by atoms with Gasteiger partial charge in [-0.15, -0.1) is 0 Å². The number of anilines is 1. The van der Waals surface area contributed by atoms with Crippen molar-refractivity contribution >= 4 is 17.3 Å².